The number of hydrogen-bond donors (Lipinski definition) is 1. The summed E-state index contributed by atoms with van der Waals surface area (Å²) >= 11 is 0. The van der Waals surface area contributed by atoms with Gasteiger partial charge in [-0.1, -0.05) is 0 Å². The van der Waals surface area contributed by atoms with Gasteiger partial charge in [-0.05, 0) is 57.6 Å². The van der Waals surface area contributed by atoms with Gasteiger partial charge in [-0.15, -0.1) is 0 Å². The van der Waals surface area contributed by atoms with Gasteiger partial charge in [0.15, 0.2) is 0 Å². The minimum atomic E-state index is 0.180. The predicted octanol–water partition coefficient (Wildman–Crippen LogP) is 4.16. The van der Waals surface area contributed by atoms with Crippen molar-refractivity contribution in [3.8, 4) is 11.3 Å². The van der Waals surface area contributed by atoms with Crippen LogP contribution in [0, 0.1) is 11.8 Å². The second-order valence-corrected chi connectivity index (χ2v) is 9.91. The SMILES string of the molecule is CN=CC1CCC(C(=O)N2CCN(c3ccnc4[nH]c(-c5cnn(C(C)C)c5)cc34)CC2)CC1. The molecule has 1 aliphatic carbocycles. The van der Waals surface area contributed by atoms with Crippen molar-refractivity contribution in [1.82, 2.24) is 24.6 Å². The Bertz CT molecular complexity index is 1160. The van der Waals surface area contributed by atoms with Crippen molar-refractivity contribution in [3.05, 3.63) is 30.7 Å². The van der Waals surface area contributed by atoms with Crippen LogP contribution in [0.5, 0.6) is 0 Å². The number of fused-ring (bicyclic) bond motifs is 1. The summed E-state index contributed by atoms with van der Waals surface area (Å²) in [5.74, 6) is 1.07. The molecule has 1 aliphatic heterocycles. The van der Waals surface area contributed by atoms with E-state index >= 15 is 0 Å². The number of aromatic amines is 1. The van der Waals surface area contributed by atoms with Gasteiger partial charge in [0.05, 0.1) is 11.9 Å². The normalized spacial score (nSPS) is 21.8. The van der Waals surface area contributed by atoms with Crippen LogP contribution in [0.3, 0.4) is 0 Å². The molecule has 0 radical (unpaired) electrons. The molecule has 1 N–H and O–H groups in total. The fraction of sp³-hybridized carbons (Fsp3) is 0.538. The van der Waals surface area contributed by atoms with Crippen LogP contribution in [0.1, 0.15) is 45.6 Å². The van der Waals surface area contributed by atoms with Crippen molar-refractivity contribution < 1.29 is 4.79 Å². The number of rotatable bonds is 5. The van der Waals surface area contributed by atoms with E-state index in [9.17, 15) is 4.79 Å². The highest BCUT2D eigenvalue weighted by Gasteiger charge is 2.31. The first kappa shape index (κ1) is 22.6. The van der Waals surface area contributed by atoms with Crippen molar-refractivity contribution in [2.75, 3.05) is 38.1 Å². The molecule has 180 valence electrons. The summed E-state index contributed by atoms with van der Waals surface area (Å²) in [6, 6.07) is 4.59. The molecule has 5 rings (SSSR count). The van der Waals surface area contributed by atoms with Gasteiger partial charge in [0.1, 0.15) is 5.65 Å². The van der Waals surface area contributed by atoms with Crippen molar-refractivity contribution in [2.24, 2.45) is 16.8 Å². The maximum absolute atomic E-state index is 13.1. The molecule has 1 saturated heterocycles. The van der Waals surface area contributed by atoms with Gasteiger partial charge in [-0.3, -0.25) is 9.48 Å². The van der Waals surface area contributed by atoms with Gasteiger partial charge in [-0.25, -0.2) is 4.98 Å². The van der Waals surface area contributed by atoms with Gasteiger partial charge in [0.2, 0.25) is 5.91 Å². The highest BCUT2D eigenvalue weighted by atomic mass is 16.2. The van der Waals surface area contributed by atoms with Gasteiger partial charge in [0.25, 0.3) is 0 Å². The molecule has 0 unspecified atom stereocenters. The fourth-order valence-corrected chi connectivity index (χ4v) is 5.36. The van der Waals surface area contributed by atoms with Gasteiger partial charge >= 0.3 is 0 Å². The molecule has 2 aliphatic rings. The third kappa shape index (κ3) is 4.45. The molecule has 3 aromatic heterocycles. The number of anilines is 1. The smallest absolute Gasteiger partial charge is 0.225 e. The lowest BCUT2D eigenvalue weighted by molar-refractivity contribution is -0.137. The lowest BCUT2D eigenvalue weighted by Gasteiger charge is -2.38. The Hall–Kier alpha value is -3.16. The Morgan fingerprint density at radius 3 is 2.62 bits per heavy atom. The highest BCUT2D eigenvalue weighted by Crippen LogP contribution is 2.32. The standard InChI is InChI=1S/C26H35N7O/c1-18(2)33-17-21(16-29-33)23-14-22-24(8-9-28-25(22)30-23)31-10-12-32(13-11-31)26(34)20-6-4-19(5-7-20)15-27-3/h8-9,14-20H,4-7,10-13H2,1-3H3,(H,28,30). The van der Waals surface area contributed by atoms with Crippen molar-refractivity contribution >= 4 is 28.8 Å². The fourth-order valence-electron chi connectivity index (χ4n) is 5.36. The summed E-state index contributed by atoms with van der Waals surface area (Å²) in [6.07, 6.45) is 12.0. The number of piperazine rings is 1. The summed E-state index contributed by atoms with van der Waals surface area (Å²) in [4.78, 5) is 29.8. The molecule has 0 bridgehead atoms. The number of pyridine rings is 1. The summed E-state index contributed by atoms with van der Waals surface area (Å²) in [5.41, 5.74) is 4.15. The van der Waals surface area contributed by atoms with Crippen LogP contribution in [0.2, 0.25) is 0 Å². The van der Waals surface area contributed by atoms with Crippen molar-refractivity contribution in [2.45, 2.75) is 45.6 Å². The molecule has 0 aromatic carbocycles. The number of carbonyl (C=O) groups is 1. The van der Waals surface area contributed by atoms with Crippen molar-refractivity contribution in [3.63, 3.8) is 0 Å². The number of carbonyl (C=O) groups excluding carboxylic acids is 1. The highest BCUT2D eigenvalue weighted by molar-refractivity contribution is 5.94. The van der Waals surface area contributed by atoms with Crippen LogP contribution in [0.25, 0.3) is 22.3 Å². The summed E-state index contributed by atoms with van der Waals surface area (Å²) in [7, 11) is 1.84. The lowest BCUT2D eigenvalue weighted by atomic mass is 9.82. The second-order valence-electron chi connectivity index (χ2n) is 9.91. The van der Waals surface area contributed by atoms with E-state index < -0.39 is 0 Å². The first-order valence-corrected chi connectivity index (χ1v) is 12.5. The molecule has 4 heterocycles. The zero-order valence-electron chi connectivity index (χ0n) is 20.4. The van der Waals surface area contributed by atoms with E-state index in [4.69, 9.17) is 0 Å². The first-order chi connectivity index (χ1) is 16.5. The zero-order chi connectivity index (χ0) is 23.7. The number of hydrogen-bond acceptors (Lipinski definition) is 5. The molecule has 2 fully saturated rings. The second kappa shape index (κ2) is 9.60. The van der Waals surface area contributed by atoms with E-state index in [0.717, 1.165) is 74.2 Å². The largest absolute Gasteiger partial charge is 0.367 e. The first-order valence-electron chi connectivity index (χ1n) is 12.5. The maximum Gasteiger partial charge on any atom is 0.225 e. The number of aliphatic imine (C=N–C) groups is 1. The van der Waals surface area contributed by atoms with Crippen LogP contribution in [0.4, 0.5) is 5.69 Å². The number of H-pyrrole nitrogens is 1. The van der Waals surface area contributed by atoms with E-state index in [1.165, 1.54) is 5.69 Å². The maximum atomic E-state index is 13.1. The molecule has 1 saturated carbocycles. The molecular weight excluding hydrogens is 426 g/mol. The molecule has 8 nitrogen and oxygen atoms in total. The molecule has 1 amide bonds. The quantitative estimate of drug-likeness (QED) is 0.579. The van der Waals surface area contributed by atoms with Crippen LogP contribution >= 0.6 is 0 Å². The Balaban J connectivity index is 1.26. The molecule has 8 heteroatoms. The third-order valence-electron chi connectivity index (χ3n) is 7.36. The molecule has 0 spiro atoms. The zero-order valence-corrected chi connectivity index (χ0v) is 20.4. The van der Waals surface area contributed by atoms with Crippen LogP contribution in [0.15, 0.2) is 35.7 Å². The Kier molecular flexibility index (Phi) is 6.39. The van der Waals surface area contributed by atoms with E-state index in [0.29, 0.717) is 17.9 Å². The van der Waals surface area contributed by atoms with Crippen LogP contribution < -0.4 is 4.90 Å². The summed E-state index contributed by atoms with van der Waals surface area (Å²) in [6.45, 7) is 7.48. The average Bonchev–Trinajstić information content (AvgIpc) is 3.52. The minimum Gasteiger partial charge on any atom is -0.367 e. The average molecular weight is 462 g/mol. The molecular formula is C26H35N7O. The topological polar surface area (TPSA) is 82.4 Å². The number of amides is 1. The van der Waals surface area contributed by atoms with Crippen molar-refractivity contribution in [1.29, 1.82) is 0 Å². The Morgan fingerprint density at radius 1 is 1.18 bits per heavy atom. The summed E-state index contributed by atoms with van der Waals surface area (Å²) in [5, 5.41) is 5.59. The van der Waals surface area contributed by atoms with Gasteiger partial charge < -0.3 is 19.8 Å². The number of aromatic nitrogens is 4. The molecule has 3 aromatic rings. The monoisotopic (exact) mass is 461 g/mol. The van der Waals surface area contributed by atoms with E-state index in [2.05, 4.69) is 68.3 Å². The molecule has 0 atom stereocenters. The lowest BCUT2D eigenvalue weighted by Crippen LogP contribution is -2.50. The predicted molar refractivity (Wildman–Crippen MR) is 136 cm³/mol. The van der Waals surface area contributed by atoms with E-state index in [1.807, 2.05) is 24.1 Å². The van der Waals surface area contributed by atoms with Gasteiger partial charge in [0, 0.05) is 80.4 Å². The third-order valence-corrected chi connectivity index (χ3v) is 7.36. The van der Waals surface area contributed by atoms with Crippen LogP contribution in [-0.4, -0.2) is 70.0 Å². The molecule has 34 heavy (non-hydrogen) atoms. The van der Waals surface area contributed by atoms with E-state index in [1.54, 1.807) is 0 Å². The van der Waals surface area contributed by atoms with Gasteiger partial charge in [-0.2, -0.15) is 5.10 Å². The Labute approximate surface area is 201 Å². The summed E-state index contributed by atoms with van der Waals surface area (Å²) < 4.78 is 1.97. The van der Waals surface area contributed by atoms with E-state index in [-0.39, 0.29) is 5.92 Å². The minimum absolute atomic E-state index is 0.180. The number of nitrogens with one attached hydrogen (secondary N) is 1. The Morgan fingerprint density at radius 2 is 1.94 bits per heavy atom. The number of nitrogens with zero attached hydrogens (tertiary/aromatic N) is 6. The van der Waals surface area contributed by atoms with Crippen LogP contribution in [-0.2, 0) is 4.79 Å².